The molecule has 0 unspecified atom stereocenters. The van der Waals surface area contributed by atoms with Gasteiger partial charge in [0.1, 0.15) is 5.69 Å². The van der Waals surface area contributed by atoms with Crippen molar-refractivity contribution in [3.05, 3.63) is 47.0 Å². The lowest BCUT2D eigenvalue weighted by Crippen LogP contribution is -2.23. The third kappa shape index (κ3) is 3.79. The highest BCUT2D eigenvalue weighted by Crippen LogP contribution is 2.06. The third-order valence-corrected chi connectivity index (χ3v) is 2.78. The minimum absolute atomic E-state index is 0.222. The van der Waals surface area contributed by atoms with Crippen LogP contribution in [0.1, 0.15) is 29.4 Å². The second-order valence-corrected chi connectivity index (χ2v) is 4.59. The van der Waals surface area contributed by atoms with Gasteiger partial charge in [0, 0.05) is 31.0 Å². The highest BCUT2D eigenvalue weighted by molar-refractivity contribution is 6.30. The van der Waals surface area contributed by atoms with Crippen molar-refractivity contribution < 1.29 is 4.79 Å². The van der Waals surface area contributed by atoms with Gasteiger partial charge in [-0.1, -0.05) is 18.5 Å². The molecule has 100 valence electrons. The summed E-state index contributed by atoms with van der Waals surface area (Å²) in [5.74, 6) is -0.222. The van der Waals surface area contributed by atoms with Gasteiger partial charge in [-0.3, -0.25) is 9.48 Å². The minimum atomic E-state index is -0.222. The maximum atomic E-state index is 11.8. The third-order valence-electron chi connectivity index (χ3n) is 2.55. The van der Waals surface area contributed by atoms with Crippen molar-refractivity contribution in [2.75, 3.05) is 0 Å². The van der Waals surface area contributed by atoms with E-state index in [4.69, 9.17) is 11.6 Å². The van der Waals surface area contributed by atoms with Crippen molar-refractivity contribution >= 4 is 17.5 Å². The second-order valence-electron chi connectivity index (χ2n) is 4.16. The van der Waals surface area contributed by atoms with Crippen LogP contribution in [0, 0.1) is 0 Å². The van der Waals surface area contributed by atoms with Gasteiger partial charge in [-0.05, 0) is 18.6 Å². The quantitative estimate of drug-likeness (QED) is 0.913. The van der Waals surface area contributed by atoms with Gasteiger partial charge in [-0.15, -0.1) is 0 Å². The molecule has 0 aliphatic heterocycles. The molecule has 0 fully saturated rings. The highest BCUT2D eigenvalue weighted by atomic mass is 35.5. The second kappa shape index (κ2) is 6.33. The van der Waals surface area contributed by atoms with E-state index < -0.39 is 0 Å². The lowest BCUT2D eigenvalue weighted by Gasteiger charge is -2.02. The molecule has 0 spiro atoms. The fourth-order valence-electron chi connectivity index (χ4n) is 1.63. The van der Waals surface area contributed by atoms with Gasteiger partial charge >= 0.3 is 0 Å². The predicted molar refractivity (Wildman–Crippen MR) is 72.9 cm³/mol. The standard InChI is InChI=1S/C13H15ClN4O/c1-2-5-18-9-10(7-17-18)6-16-13(19)12-4-3-11(14)8-15-12/h3-4,7-9H,2,5-6H2,1H3,(H,16,19). The Bertz CT molecular complexity index is 550. The van der Waals surface area contributed by atoms with Crippen LogP contribution in [0.5, 0.6) is 0 Å². The number of nitrogens with one attached hydrogen (secondary N) is 1. The summed E-state index contributed by atoms with van der Waals surface area (Å²) in [4.78, 5) is 15.8. The van der Waals surface area contributed by atoms with Crippen LogP contribution in [0.3, 0.4) is 0 Å². The van der Waals surface area contributed by atoms with Crippen molar-refractivity contribution in [1.29, 1.82) is 0 Å². The molecule has 0 atom stereocenters. The summed E-state index contributed by atoms with van der Waals surface area (Å²) in [5, 5.41) is 7.50. The van der Waals surface area contributed by atoms with E-state index in [1.165, 1.54) is 6.20 Å². The average Bonchev–Trinajstić information content (AvgIpc) is 2.85. The Kier molecular flexibility index (Phi) is 4.52. The zero-order valence-electron chi connectivity index (χ0n) is 10.6. The SMILES string of the molecule is CCCn1cc(CNC(=O)c2ccc(Cl)cn2)cn1. The molecular weight excluding hydrogens is 264 g/mol. The van der Waals surface area contributed by atoms with Crippen molar-refractivity contribution in [3.63, 3.8) is 0 Å². The topological polar surface area (TPSA) is 59.8 Å². The predicted octanol–water partition coefficient (Wildman–Crippen LogP) is 2.27. The summed E-state index contributed by atoms with van der Waals surface area (Å²) in [6.45, 7) is 3.41. The maximum Gasteiger partial charge on any atom is 0.270 e. The van der Waals surface area contributed by atoms with E-state index in [2.05, 4.69) is 22.3 Å². The minimum Gasteiger partial charge on any atom is -0.347 e. The Morgan fingerprint density at radius 1 is 1.42 bits per heavy atom. The van der Waals surface area contributed by atoms with E-state index in [9.17, 15) is 4.79 Å². The van der Waals surface area contributed by atoms with Gasteiger partial charge in [0.15, 0.2) is 0 Å². The van der Waals surface area contributed by atoms with E-state index in [1.807, 2.05) is 10.9 Å². The van der Waals surface area contributed by atoms with Crippen LogP contribution < -0.4 is 5.32 Å². The van der Waals surface area contributed by atoms with Crippen LogP contribution in [0.4, 0.5) is 0 Å². The molecule has 0 saturated heterocycles. The van der Waals surface area contributed by atoms with Crippen LogP contribution in [0.15, 0.2) is 30.7 Å². The molecule has 0 bridgehead atoms. The zero-order chi connectivity index (χ0) is 13.7. The summed E-state index contributed by atoms with van der Waals surface area (Å²) in [6, 6.07) is 3.24. The number of amides is 1. The number of rotatable bonds is 5. The Morgan fingerprint density at radius 3 is 2.95 bits per heavy atom. The molecule has 0 aliphatic carbocycles. The summed E-state index contributed by atoms with van der Waals surface area (Å²) in [5.41, 5.74) is 1.32. The first-order valence-electron chi connectivity index (χ1n) is 6.10. The molecule has 6 heteroatoms. The number of halogens is 1. The molecular formula is C13H15ClN4O. The first kappa shape index (κ1) is 13.5. The number of carbonyl (C=O) groups excluding carboxylic acids is 1. The van der Waals surface area contributed by atoms with Gasteiger partial charge in [0.2, 0.25) is 0 Å². The van der Waals surface area contributed by atoms with Crippen LogP contribution in [0.25, 0.3) is 0 Å². The van der Waals surface area contributed by atoms with E-state index >= 15 is 0 Å². The Labute approximate surface area is 116 Å². The van der Waals surface area contributed by atoms with E-state index in [0.29, 0.717) is 17.3 Å². The Hall–Kier alpha value is -1.88. The molecule has 19 heavy (non-hydrogen) atoms. The number of nitrogens with zero attached hydrogens (tertiary/aromatic N) is 3. The molecule has 2 rings (SSSR count). The van der Waals surface area contributed by atoms with Gasteiger partial charge in [0.25, 0.3) is 5.91 Å². The van der Waals surface area contributed by atoms with Crippen LogP contribution in [0.2, 0.25) is 5.02 Å². The molecule has 1 amide bonds. The largest absolute Gasteiger partial charge is 0.347 e. The monoisotopic (exact) mass is 278 g/mol. The molecule has 2 aromatic heterocycles. The van der Waals surface area contributed by atoms with Crippen LogP contribution in [-0.2, 0) is 13.1 Å². The van der Waals surface area contributed by atoms with Crippen molar-refractivity contribution in [2.45, 2.75) is 26.4 Å². The fraction of sp³-hybridized carbons (Fsp3) is 0.308. The van der Waals surface area contributed by atoms with Gasteiger partial charge in [-0.2, -0.15) is 5.10 Å². The van der Waals surface area contributed by atoms with Crippen molar-refractivity contribution in [2.24, 2.45) is 0 Å². The van der Waals surface area contributed by atoms with E-state index in [-0.39, 0.29) is 5.91 Å². The maximum absolute atomic E-state index is 11.8. The van der Waals surface area contributed by atoms with Gasteiger partial charge in [0.05, 0.1) is 11.2 Å². The molecule has 2 aromatic rings. The average molecular weight is 279 g/mol. The Balaban J connectivity index is 1.90. The van der Waals surface area contributed by atoms with Crippen LogP contribution in [-0.4, -0.2) is 20.7 Å². The number of hydrogen-bond acceptors (Lipinski definition) is 3. The number of aromatic nitrogens is 3. The van der Waals surface area contributed by atoms with Gasteiger partial charge in [-0.25, -0.2) is 4.98 Å². The summed E-state index contributed by atoms with van der Waals surface area (Å²) in [6.07, 6.45) is 6.17. The number of pyridine rings is 1. The van der Waals surface area contributed by atoms with Crippen LogP contribution >= 0.6 is 11.6 Å². The number of aryl methyl sites for hydroxylation is 1. The normalized spacial score (nSPS) is 10.4. The number of carbonyl (C=O) groups is 1. The first-order valence-corrected chi connectivity index (χ1v) is 6.48. The van der Waals surface area contributed by atoms with Crippen molar-refractivity contribution in [3.8, 4) is 0 Å². The molecule has 5 nitrogen and oxygen atoms in total. The lowest BCUT2D eigenvalue weighted by atomic mass is 10.3. The number of hydrogen-bond donors (Lipinski definition) is 1. The molecule has 0 saturated carbocycles. The first-order chi connectivity index (χ1) is 9.19. The molecule has 0 aliphatic rings. The lowest BCUT2D eigenvalue weighted by molar-refractivity contribution is 0.0946. The fourth-order valence-corrected chi connectivity index (χ4v) is 1.74. The molecule has 2 heterocycles. The Morgan fingerprint density at radius 2 is 2.26 bits per heavy atom. The summed E-state index contributed by atoms with van der Waals surface area (Å²) < 4.78 is 1.86. The van der Waals surface area contributed by atoms with Crippen molar-refractivity contribution in [1.82, 2.24) is 20.1 Å². The van der Waals surface area contributed by atoms with E-state index in [0.717, 1.165) is 18.5 Å². The highest BCUT2D eigenvalue weighted by Gasteiger charge is 2.07. The zero-order valence-corrected chi connectivity index (χ0v) is 11.4. The molecule has 0 radical (unpaired) electrons. The van der Waals surface area contributed by atoms with E-state index in [1.54, 1.807) is 18.3 Å². The smallest absolute Gasteiger partial charge is 0.270 e. The summed E-state index contributed by atoms with van der Waals surface area (Å²) >= 11 is 5.72. The van der Waals surface area contributed by atoms with Gasteiger partial charge < -0.3 is 5.32 Å². The summed E-state index contributed by atoms with van der Waals surface area (Å²) in [7, 11) is 0. The molecule has 1 N–H and O–H groups in total. The molecule has 0 aromatic carbocycles.